The SMILES string of the molecule is CC1CCC(CNC(=O)[C@H](C)NC(=O)OCC2c3ccccc3-c3ccccc32)(C(=O)O)CC1. The average Bonchev–Trinajstić information content (AvgIpc) is 3.16. The maximum Gasteiger partial charge on any atom is 0.407 e. The van der Waals surface area contributed by atoms with Crippen LogP contribution in [0, 0.1) is 11.3 Å². The van der Waals surface area contributed by atoms with E-state index in [1.165, 1.54) is 0 Å². The molecule has 0 aromatic heterocycles. The number of amides is 2. The molecule has 2 amide bonds. The van der Waals surface area contributed by atoms with Gasteiger partial charge in [0, 0.05) is 12.5 Å². The van der Waals surface area contributed by atoms with E-state index in [1.54, 1.807) is 6.92 Å². The van der Waals surface area contributed by atoms with E-state index in [2.05, 4.69) is 29.7 Å². The Morgan fingerprint density at radius 2 is 1.59 bits per heavy atom. The number of carbonyl (C=O) groups is 3. The molecule has 180 valence electrons. The van der Waals surface area contributed by atoms with Gasteiger partial charge < -0.3 is 20.5 Å². The molecule has 2 aromatic carbocycles. The van der Waals surface area contributed by atoms with Crippen LogP contribution < -0.4 is 10.6 Å². The van der Waals surface area contributed by atoms with Gasteiger partial charge in [0.25, 0.3) is 0 Å². The summed E-state index contributed by atoms with van der Waals surface area (Å²) in [6, 6.07) is 15.3. The lowest BCUT2D eigenvalue weighted by Gasteiger charge is -2.36. The fourth-order valence-electron chi connectivity index (χ4n) is 5.07. The molecule has 0 aliphatic heterocycles. The molecular weight excluding hydrogens is 432 g/mol. The zero-order valence-corrected chi connectivity index (χ0v) is 19.7. The van der Waals surface area contributed by atoms with Crippen LogP contribution in [0.1, 0.15) is 56.6 Å². The van der Waals surface area contributed by atoms with E-state index < -0.39 is 29.4 Å². The zero-order chi connectivity index (χ0) is 24.3. The first-order chi connectivity index (χ1) is 16.3. The molecule has 0 bridgehead atoms. The monoisotopic (exact) mass is 464 g/mol. The average molecular weight is 465 g/mol. The molecule has 34 heavy (non-hydrogen) atoms. The minimum atomic E-state index is -0.939. The minimum absolute atomic E-state index is 0.0601. The van der Waals surface area contributed by atoms with Gasteiger partial charge in [-0.25, -0.2) is 4.79 Å². The number of carbonyl (C=O) groups excluding carboxylic acids is 2. The number of carboxylic acid groups (broad SMARTS) is 1. The Morgan fingerprint density at radius 3 is 2.15 bits per heavy atom. The Morgan fingerprint density at radius 1 is 1.03 bits per heavy atom. The number of aliphatic carboxylic acids is 1. The normalized spacial score (nSPS) is 22.2. The standard InChI is InChI=1S/C27H32N2O5/c1-17-11-13-27(14-12-17,25(31)32)16-28-24(30)18(2)29-26(33)34-15-23-21-9-5-3-7-19(21)20-8-4-6-10-22(20)23/h3-10,17-18,23H,11-16H2,1-2H3,(H,28,30)(H,29,33)(H,31,32)/t17?,18-,27?/m0/s1. The van der Waals surface area contributed by atoms with Crippen LogP contribution in [0.5, 0.6) is 0 Å². The van der Waals surface area contributed by atoms with Gasteiger partial charge in [0.1, 0.15) is 12.6 Å². The van der Waals surface area contributed by atoms with Crippen molar-refractivity contribution < 1.29 is 24.2 Å². The lowest BCUT2D eigenvalue weighted by atomic mass is 9.71. The second-order valence-corrected chi connectivity index (χ2v) is 9.68. The molecule has 0 saturated heterocycles. The zero-order valence-electron chi connectivity index (χ0n) is 19.7. The molecule has 2 aromatic rings. The Bertz CT molecular complexity index is 1030. The van der Waals surface area contributed by atoms with Crippen molar-refractivity contribution >= 4 is 18.0 Å². The molecule has 3 N–H and O–H groups in total. The molecular formula is C27H32N2O5. The second-order valence-electron chi connectivity index (χ2n) is 9.68. The van der Waals surface area contributed by atoms with Crippen LogP contribution >= 0.6 is 0 Å². The van der Waals surface area contributed by atoms with Gasteiger partial charge >= 0.3 is 12.1 Å². The van der Waals surface area contributed by atoms with E-state index >= 15 is 0 Å². The van der Waals surface area contributed by atoms with Crippen LogP contribution in [0.3, 0.4) is 0 Å². The van der Waals surface area contributed by atoms with Crippen LogP contribution in [0.2, 0.25) is 0 Å². The Kier molecular flexibility index (Phi) is 6.91. The first-order valence-electron chi connectivity index (χ1n) is 11.9. The summed E-state index contributed by atoms with van der Waals surface area (Å²) in [6.07, 6.45) is 2.06. The Labute approximate surface area is 199 Å². The van der Waals surface area contributed by atoms with E-state index in [-0.39, 0.29) is 19.1 Å². The summed E-state index contributed by atoms with van der Waals surface area (Å²) in [5.41, 5.74) is 3.57. The quantitative estimate of drug-likeness (QED) is 0.566. The van der Waals surface area contributed by atoms with E-state index in [0.29, 0.717) is 18.8 Å². The predicted molar refractivity (Wildman–Crippen MR) is 128 cm³/mol. The summed E-state index contributed by atoms with van der Waals surface area (Å²) < 4.78 is 5.50. The van der Waals surface area contributed by atoms with Gasteiger partial charge in [-0.1, -0.05) is 55.5 Å². The maximum absolute atomic E-state index is 12.6. The highest BCUT2D eigenvalue weighted by molar-refractivity contribution is 5.86. The highest BCUT2D eigenvalue weighted by atomic mass is 16.5. The van der Waals surface area contributed by atoms with E-state index in [1.807, 2.05) is 36.4 Å². The van der Waals surface area contributed by atoms with Crippen molar-refractivity contribution in [2.75, 3.05) is 13.2 Å². The van der Waals surface area contributed by atoms with Crippen molar-refractivity contribution in [2.24, 2.45) is 11.3 Å². The van der Waals surface area contributed by atoms with Gasteiger partial charge in [0.15, 0.2) is 0 Å². The van der Waals surface area contributed by atoms with Gasteiger partial charge in [0.2, 0.25) is 5.91 Å². The summed E-state index contributed by atoms with van der Waals surface area (Å²) in [6.45, 7) is 3.90. The smallest absolute Gasteiger partial charge is 0.407 e. The van der Waals surface area contributed by atoms with Crippen LogP contribution in [-0.4, -0.2) is 42.3 Å². The largest absolute Gasteiger partial charge is 0.481 e. The third kappa shape index (κ3) is 4.79. The van der Waals surface area contributed by atoms with Gasteiger partial charge in [-0.2, -0.15) is 0 Å². The number of ether oxygens (including phenoxy) is 1. The number of carboxylic acids is 1. The summed E-state index contributed by atoms with van der Waals surface area (Å²) >= 11 is 0. The van der Waals surface area contributed by atoms with Crippen molar-refractivity contribution in [2.45, 2.75) is 51.5 Å². The van der Waals surface area contributed by atoms with Crippen molar-refractivity contribution in [3.63, 3.8) is 0 Å². The molecule has 0 radical (unpaired) electrons. The molecule has 0 spiro atoms. The molecule has 1 fully saturated rings. The van der Waals surface area contributed by atoms with Crippen molar-refractivity contribution in [3.8, 4) is 11.1 Å². The topological polar surface area (TPSA) is 105 Å². The third-order valence-corrected chi connectivity index (χ3v) is 7.36. The first-order valence-corrected chi connectivity index (χ1v) is 11.9. The number of alkyl carbamates (subject to hydrolysis) is 1. The Balaban J connectivity index is 1.30. The van der Waals surface area contributed by atoms with E-state index in [0.717, 1.165) is 35.1 Å². The van der Waals surface area contributed by atoms with Gasteiger partial charge in [-0.05, 0) is 60.8 Å². The summed E-state index contributed by atoms with van der Waals surface area (Å²) in [4.78, 5) is 36.9. The fourth-order valence-corrected chi connectivity index (χ4v) is 5.07. The highest BCUT2D eigenvalue weighted by Crippen LogP contribution is 2.44. The highest BCUT2D eigenvalue weighted by Gasteiger charge is 2.41. The molecule has 4 rings (SSSR count). The fraction of sp³-hybridized carbons (Fsp3) is 0.444. The summed E-state index contributed by atoms with van der Waals surface area (Å²) in [5.74, 6) is -0.867. The van der Waals surface area contributed by atoms with Crippen LogP contribution in [0.25, 0.3) is 11.1 Å². The number of rotatable bonds is 7. The molecule has 7 nitrogen and oxygen atoms in total. The molecule has 2 aliphatic carbocycles. The maximum atomic E-state index is 12.6. The number of hydrogen-bond acceptors (Lipinski definition) is 4. The van der Waals surface area contributed by atoms with E-state index in [4.69, 9.17) is 4.74 Å². The summed E-state index contributed by atoms with van der Waals surface area (Å²) in [7, 11) is 0. The molecule has 1 saturated carbocycles. The predicted octanol–water partition coefficient (Wildman–Crippen LogP) is 4.31. The van der Waals surface area contributed by atoms with Gasteiger partial charge in [-0.3, -0.25) is 9.59 Å². The minimum Gasteiger partial charge on any atom is -0.481 e. The van der Waals surface area contributed by atoms with Gasteiger partial charge in [-0.15, -0.1) is 0 Å². The number of fused-ring (bicyclic) bond motifs is 3. The van der Waals surface area contributed by atoms with Crippen LogP contribution in [0.15, 0.2) is 48.5 Å². The Hall–Kier alpha value is -3.35. The van der Waals surface area contributed by atoms with Crippen LogP contribution in [-0.2, 0) is 14.3 Å². The molecule has 0 unspecified atom stereocenters. The summed E-state index contributed by atoms with van der Waals surface area (Å²) in [5, 5.41) is 15.0. The molecule has 1 atom stereocenters. The van der Waals surface area contributed by atoms with Crippen molar-refractivity contribution in [1.29, 1.82) is 0 Å². The number of benzene rings is 2. The lowest BCUT2D eigenvalue weighted by molar-refractivity contribution is -0.151. The van der Waals surface area contributed by atoms with E-state index in [9.17, 15) is 19.5 Å². The second kappa shape index (κ2) is 9.87. The first kappa shape index (κ1) is 23.8. The molecule has 7 heteroatoms. The number of hydrogen-bond donors (Lipinski definition) is 3. The lowest BCUT2D eigenvalue weighted by Crippen LogP contribution is -2.50. The number of nitrogens with one attached hydrogen (secondary N) is 2. The van der Waals surface area contributed by atoms with Gasteiger partial charge in [0.05, 0.1) is 5.41 Å². The van der Waals surface area contributed by atoms with Crippen molar-refractivity contribution in [1.82, 2.24) is 10.6 Å². The van der Waals surface area contributed by atoms with Crippen molar-refractivity contribution in [3.05, 3.63) is 59.7 Å². The molecule has 2 aliphatic rings. The third-order valence-electron chi connectivity index (χ3n) is 7.36. The molecule has 0 heterocycles. The van der Waals surface area contributed by atoms with Crippen LogP contribution in [0.4, 0.5) is 4.79 Å².